The normalized spacial score (nSPS) is 23.8. The van der Waals surface area contributed by atoms with Crippen LogP contribution in [0.2, 0.25) is 0 Å². The number of amides is 1. The fourth-order valence-electron chi connectivity index (χ4n) is 2.45. The summed E-state index contributed by atoms with van der Waals surface area (Å²) in [6.07, 6.45) is 2.35. The topological polar surface area (TPSA) is 67.9 Å². The molecule has 1 N–H and O–H groups in total. The van der Waals surface area contributed by atoms with Crippen LogP contribution in [0.4, 0.5) is 10.5 Å². The molecule has 0 bridgehead atoms. The Balaban J connectivity index is 2.24. The molecule has 1 amide bonds. The van der Waals surface area contributed by atoms with Crippen molar-refractivity contribution in [3.63, 3.8) is 0 Å². The number of carbonyl (C=O) groups excluding carboxylic acids is 2. The molecule has 6 nitrogen and oxygen atoms in total. The molecule has 0 fully saturated rings. The summed E-state index contributed by atoms with van der Waals surface area (Å²) in [6, 6.07) is 9.03. The SMILES string of the molecule is COC(=O)N1C=CC(OC(C)=O)C(Nc2ccccc2)C1C. The molecule has 2 rings (SSSR count). The minimum atomic E-state index is -0.464. The average Bonchev–Trinajstić information content (AvgIpc) is 2.51. The summed E-state index contributed by atoms with van der Waals surface area (Å²) in [5.41, 5.74) is 0.886. The third-order valence-corrected chi connectivity index (χ3v) is 3.54. The van der Waals surface area contributed by atoms with Gasteiger partial charge in [0.15, 0.2) is 0 Å². The number of para-hydroxylation sites is 1. The zero-order valence-electron chi connectivity index (χ0n) is 12.9. The molecule has 0 aliphatic carbocycles. The van der Waals surface area contributed by atoms with E-state index >= 15 is 0 Å². The van der Waals surface area contributed by atoms with E-state index in [4.69, 9.17) is 9.47 Å². The van der Waals surface area contributed by atoms with Crippen LogP contribution in [0.15, 0.2) is 42.6 Å². The maximum Gasteiger partial charge on any atom is 0.413 e. The molecule has 1 aromatic carbocycles. The number of hydrogen-bond donors (Lipinski definition) is 1. The largest absolute Gasteiger partial charge is 0.456 e. The van der Waals surface area contributed by atoms with Crippen molar-refractivity contribution < 1.29 is 19.1 Å². The Morgan fingerprint density at radius 3 is 2.50 bits per heavy atom. The molecular formula is C16H20N2O4. The third-order valence-electron chi connectivity index (χ3n) is 3.54. The second kappa shape index (κ2) is 6.98. The lowest BCUT2D eigenvalue weighted by molar-refractivity contribution is -0.145. The Labute approximate surface area is 129 Å². The predicted molar refractivity (Wildman–Crippen MR) is 82.3 cm³/mol. The van der Waals surface area contributed by atoms with Crippen LogP contribution in [-0.2, 0) is 14.3 Å². The number of hydrogen-bond acceptors (Lipinski definition) is 5. The van der Waals surface area contributed by atoms with Gasteiger partial charge in [0.1, 0.15) is 6.10 Å². The highest BCUT2D eigenvalue weighted by molar-refractivity contribution is 5.70. The van der Waals surface area contributed by atoms with E-state index in [0.29, 0.717) is 0 Å². The van der Waals surface area contributed by atoms with Crippen LogP contribution in [0, 0.1) is 0 Å². The average molecular weight is 304 g/mol. The van der Waals surface area contributed by atoms with Crippen LogP contribution in [-0.4, -0.2) is 42.3 Å². The Bertz CT molecular complexity index is 559. The molecule has 1 aliphatic heterocycles. The standard InChI is InChI=1S/C16H20N2O4/c1-11-15(17-13-7-5-4-6-8-13)14(22-12(2)19)9-10-18(11)16(20)21-3/h4-11,14-15,17H,1-3H3. The lowest BCUT2D eigenvalue weighted by atomic mass is 9.98. The smallest absolute Gasteiger partial charge is 0.413 e. The van der Waals surface area contributed by atoms with Gasteiger partial charge in [0.05, 0.1) is 19.2 Å². The van der Waals surface area contributed by atoms with E-state index in [0.717, 1.165) is 5.69 Å². The number of esters is 1. The van der Waals surface area contributed by atoms with Crippen molar-refractivity contribution in [1.29, 1.82) is 0 Å². The molecule has 1 heterocycles. The summed E-state index contributed by atoms with van der Waals surface area (Å²) in [5.74, 6) is -0.367. The molecule has 1 aromatic rings. The second-order valence-electron chi connectivity index (χ2n) is 5.07. The van der Waals surface area contributed by atoms with Crippen molar-refractivity contribution >= 4 is 17.7 Å². The van der Waals surface area contributed by atoms with Crippen LogP contribution in [0.1, 0.15) is 13.8 Å². The fourth-order valence-corrected chi connectivity index (χ4v) is 2.45. The lowest BCUT2D eigenvalue weighted by Crippen LogP contribution is -2.54. The van der Waals surface area contributed by atoms with Gasteiger partial charge in [0, 0.05) is 18.8 Å². The molecule has 0 aromatic heterocycles. The number of anilines is 1. The fraction of sp³-hybridized carbons (Fsp3) is 0.375. The van der Waals surface area contributed by atoms with Gasteiger partial charge in [0.2, 0.25) is 0 Å². The van der Waals surface area contributed by atoms with E-state index in [9.17, 15) is 9.59 Å². The van der Waals surface area contributed by atoms with Crippen molar-refractivity contribution in [3.8, 4) is 0 Å². The second-order valence-corrected chi connectivity index (χ2v) is 5.07. The molecule has 1 aliphatic rings. The first-order valence-electron chi connectivity index (χ1n) is 7.06. The Morgan fingerprint density at radius 2 is 1.91 bits per heavy atom. The zero-order valence-corrected chi connectivity index (χ0v) is 12.9. The van der Waals surface area contributed by atoms with Crippen LogP contribution in [0.5, 0.6) is 0 Å². The maximum atomic E-state index is 11.8. The first-order valence-corrected chi connectivity index (χ1v) is 7.06. The van der Waals surface area contributed by atoms with Crippen LogP contribution >= 0.6 is 0 Å². The van der Waals surface area contributed by atoms with Gasteiger partial charge in [-0.05, 0) is 25.1 Å². The van der Waals surface area contributed by atoms with Gasteiger partial charge >= 0.3 is 12.1 Å². The number of carbonyl (C=O) groups is 2. The summed E-state index contributed by atoms with van der Waals surface area (Å²) in [6.45, 7) is 3.24. The minimum Gasteiger partial charge on any atom is -0.456 e. The van der Waals surface area contributed by atoms with Crippen LogP contribution < -0.4 is 5.32 Å². The number of nitrogens with one attached hydrogen (secondary N) is 1. The molecule has 118 valence electrons. The van der Waals surface area contributed by atoms with Crippen molar-refractivity contribution in [2.24, 2.45) is 0 Å². The first-order chi connectivity index (χ1) is 10.5. The number of rotatable bonds is 3. The number of benzene rings is 1. The molecule has 0 radical (unpaired) electrons. The van der Waals surface area contributed by atoms with Gasteiger partial charge in [-0.2, -0.15) is 0 Å². The van der Waals surface area contributed by atoms with E-state index < -0.39 is 12.2 Å². The molecular weight excluding hydrogens is 284 g/mol. The highest BCUT2D eigenvalue weighted by atomic mass is 16.5. The van der Waals surface area contributed by atoms with Gasteiger partial charge in [-0.1, -0.05) is 18.2 Å². The van der Waals surface area contributed by atoms with Gasteiger partial charge in [-0.25, -0.2) is 4.79 Å². The van der Waals surface area contributed by atoms with Gasteiger partial charge in [0.25, 0.3) is 0 Å². The molecule has 3 unspecified atom stereocenters. The summed E-state index contributed by atoms with van der Waals surface area (Å²) in [7, 11) is 1.33. The summed E-state index contributed by atoms with van der Waals surface area (Å²) in [5, 5.41) is 3.32. The number of nitrogens with zero attached hydrogens (tertiary/aromatic N) is 1. The van der Waals surface area contributed by atoms with Crippen molar-refractivity contribution in [3.05, 3.63) is 42.6 Å². The van der Waals surface area contributed by atoms with E-state index in [2.05, 4.69) is 5.32 Å². The Morgan fingerprint density at radius 1 is 1.23 bits per heavy atom. The van der Waals surface area contributed by atoms with Crippen molar-refractivity contribution in [1.82, 2.24) is 4.90 Å². The first kappa shape index (κ1) is 15.9. The quantitative estimate of drug-likeness (QED) is 0.868. The van der Waals surface area contributed by atoms with E-state index in [1.165, 1.54) is 18.9 Å². The number of ether oxygens (including phenoxy) is 2. The minimum absolute atomic E-state index is 0.248. The summed E-state index contributed by atoms with van der Waals surface area (Å²) in [4.78, 5) is 24.6. The zero-order chi connectivity index (χ0) is 16.1. The molecule has 22 heavy (non-hydrogen) atoms. The van der Waals surface area contributed by atoms with Crippen LogP contribution in [0.25, 0.3) is 0 Å². The highest BCUT2D eigenvalue weighted by Gasteiger charge is 2.36. The number of methoxy groups -OCH3 is 1. The van der Waals surface area contributed by atoms with Crippen molar-refractivity contribution in [2.75, 3.05) is 12.4 Å². The van der Waals surface area contributed by atoms with E-state index in [1.54, 1.807) is 12.3 Å². The summed E-state index contributed by atoms with van der Waals surface area (Å²) < 4.78 is 10.1. The molecule has 6 heteroatoms. The van der Waals surface area contributed by atoms with E-state index in [-0.39, 0.29) is 18.1 Å². The monoisotopic (exact) mass is 304 g/mol. The maximum absolute atomic E-state index is 11.8. The predicted octanol–water partition coefficient (Wildman–Crippen LogP) is 2.38. The van der Waals surface area contributed by atoms with Crippen molar-refractivity contribution in [2.45, 2.75) is 32.0 Å². The molecule has 0 saturated heterocycles. The molecule has 0 saturated carbocycles. The third kappa shape index (κ3) is 3.58. The molecule has 3 atom stereocenters. The lowest BCUT2D eigenvalue weighted by Gasteiger charge is -2.39. The Kier molecular flexibility index (Phi) is 5.04. The highest BCUT2D eigenvalue weighted by Crippen LogP contribution is 2.23. The van der Waals surface area contributed by atoms with Gasteiger partial charge < -0.3 is 14.8 Å². The van der Waals surface area contributed by atoms with Crippen LogP contribution in [0.3, 0.4) is 0 Å². The molecule has 0 spiro atoms. The van der Waals surface area contributed by atoms with Gasteiger partial charge in [-0.15, -0.1) is 0 Å². The van der Waals surface area contributed by atoms with Gasteiger partial charge in [-0.3, -0.25) is 9.69 Å². The Hall–Kier alpha value is -2.50. The summed E-state index contributed by atoms with van der Waals surface area (Å²) >= 11 is 0. The van der Waals surface area contributed by atoms with E-state index in [1.807, 2.05) is 37.3 Å².